The van der Waals surface area contributed by atoms with Gasteiger partial charge in [-0.25, -0.2) is 0 Å². The number of anilines is 1. The summed E-state index contributed by atoms with van der Waals surface area (Å²) in [6.07, 6.45) is 1.05. The molecule has 122 valence electrons. The van der Waals surface area contributed by atoms with Crippen molar-refractivity contribution in [3.05, 3.63) is 34.4 Å². The van der Waals surface area contributed by atoms with Gasteiger partial charge < -0.3 is 10.2 Å². The maximum Gasteiger partial charge on any atom is 0.269 e. The lowest BCUT2D eigenvalue weighted by Gasteiger charge is -2.43. The Balaban J connectivity index is 1.49. The van der Waals surface area contributed by atoms with Crippen molar-refractivity contribution in [1.82, 2.24) is 10.2 Å². The second-order valence-electron chi connectivity index (χ2n) is 6.68. The topological polar surface area (TPSA) is 78.7 Å². The van der Waals surface area contributed by atoms with E-state index in [0.29, 0.717) is 12.0 Å². The summed E-state index contributed by atoms with van der Waals surface area (Å²) in [6, 6.07) is 6.88. The molecule has 3 saturated heterocycles. The summed E-state index contributed by atoms with van der Waals surface area (Å²) >= 11 is 0. The van der Waals surface area contributed by atoms with Crippen LogP contribution in [0.3, 0.4) is 0 Å². The Morgan fingerprint density at radius 3 is 2.52 bits per heavy atom. The van der Waals surface area contributed by atoms with Crippen LogP contribution in [-0.4, -0.2) is 54.5 Å². The third-order valence-corrected chi connectivity index (χ3v) is 5.44. The van der Waals surface area contributed by atoms with E-state index in [9.17, 15) is 14.9 Å². The number of hydrogen-bond acceptors (Lipinski definition) is 5. The second kappa shape index (κ2) is 5.58. The molecule has 23 heavy (non-hydrogen) atoms. The van der Waals surface area contributed by atoms with Gasteiger partial charge in [0.25, 0.3) is 5.69 Å². The third kappa shape index (κ3) is 2.49. The lowest BCUT2D eigenvalue weighted by molar-refractivity contribution is -0.384. The zero-order chi connectivity index (χ0) is 16.0. The van der Waals surface area contributed by atoms with E-state index in [1.54, 1.807) is 12.1 Å². The molecule has 0 radical (unpaired) electrons. The van der Waals surface area contributed by atoms with Gasteiger partial charge in [-0.1, -0.05) is 0 Å². The number of fused-ring (bicyclic) bond motifs is 1. The van der Waals surface area contributed by atoms with E-state index in [-0.39, 0.29) is 17.5 Å². The predicted octanol–water partition coefficient (Wildman–Crippen LogP) is 0.851. The lowest BCUT2D eigenvalue weighted by atomic mass is 9.87. The van der Waals surface area contributed by atoms with Crippen LogP contribution in [0.2, 0.25) is 0 Å². The van der Waals surface area contributed by atoms with E-state index in [1.165, 1.54) is 12.1 Å². The van der Waals surface area contributed by atoms with Crippen molar-refractivity contribution < 1.29 is 9.72 Å². The summed E-state index contributed by atoms with van der Waals surface area (Å²) in [4.78, 5) is 27.4. The van der Waals surface area contributed by atoms with Crippen LogP contribution in [-0.2, 0) is 4.79 Å². The molecule has 3 aliphatic heterocycles. The van der Waals surface area contributed by atoms with Gasteiger partial charge >= 0.3 is 0 Å². The number of benzene rings is 1. The average Bonchev–Trinajstić information content (AvgIpc) is 2.83. The molecule has 2 atom stereocenters. The molecule has 0 spiro atoms. The maximum atomic E-state index is 12.8. The van der Waals surface area contributed by atoms with Gasteiger partial charge in [0, 0.05) is 50.0 Å². The first-order valence-corrected chi connectivity index (χ1v) is 8.14. The van der Waals surface area contributed by atoms with E-state index in [4.69, 9.17) is 0 Å². The smallest absolute Gasteiger partial charge is 0.269 e. The van der Waals surface area contributed by atoms with E-state index in [0.717, 1.165) is 44.8 Å². The van der Waals surface area contributed by atoms with E-state index >= 15 is 0 Å². The lowest BCUT2D eigenvalue weighted by Crippen LogP contribution is -2.60. The number of nitrogens with one attached hydrogen (secondary N) is 1. The van der Waals surface area contributed by atoms with E-state index < -0.39 is 4.92 Å². The van der Waals surface area contributed by atoms with Gasteiger partial charge in [-0.15, -0.1) is 0 Å². The number of nitro benzene ring substituents is 1. The quantitative estimate of drug-likeness (QED) is 0.661. The molecule has 0 aromatic heterocycles. The summed E-state index contributed by atoms with van der Waals surface area (Å²) in [5.41, 5.74) is 0.827. The number of nitrogens with zero attached hydrogens (tertiary/aromatic N) is 3. The third-order valence-electron chi connectivity index (χ3n) is 5.44. The van der Waals surface area contributed by atoms with Crippen molar-refractivity contribution in [2.24, 2.45) is 11.8 Å². The van der Waals surface area contributed by atoms with Crippen LogP contribution in [0.25, 0.3) is 0 Å². The normalized spacial score (nSPS) is 28.5. The van der Waals surface area contributed by atoms with Gasteiger partial charge in [0.2, 0.25) is 5.91 Å². The van der Waals surface area contributed by atoms with Gasteiger partial charge in [0.05, 0.1) is 10.8 Å². The molecule has 2 unspecified atom stereocenters. The van der Waals surface area contributed by atoms with Crippen LogP contribution < -0.4 is 10.2 Å². The molecule has 1 aromatic carbocycles. The molecule has 1 amide bonds. The molecule has 7 heteroatoms. The Kier molecular flexibility index (Phi) is 3.54. The SMILES string of the molecule is O=C1C2CN(C3CNC3)CCC2CN1c1ccc([N+](=O)[O-])cc1. The monoisotopic (exact) mass is 316 g/mol. The molecule has 0 bridgehead atoms. The second-order valence-corrected chi connectivity index (χ2v) is 6.68. The first-order chi connectivity index (χ1) is 11.1. The fraction of sp³-hybridized carbons (Fsp3) is 0.562. The molecule has 3 heterocycles. The Hall–Kier alpha value is -1.99. The van der Waals surface area contributed by atoms with Crippen LogP contribution in [0.15, 0.2) is 24.3 Å². The fourth-order valence-corrected chi connectivity index (χ4v) is 3.90. The Morgan fingerprint density at radius 2 is 1.91 bits per heavy atom. The number of carbonyl (C=O) groups excluding carboxylic acids is 1. The predicted molar refractivity (Wildman–Crippen MR) is 85.3 cm³/mol. The van der Waals surface area contributed by atoms with Crippen molar-refractivity contribution in [2.75, 3.05) is 37.6 Å². The van der Waals surface area contributed by atoms with Crippen LogP contribution in [0, 0.1) is 22.0 Å². The summed E-state index contributed by atoms with van der Waals surface area (Å²) in [5.74, 6) is 0.641. The van der Waals surface area contributed by atoms with Crippen LogP contribution >= 0.6 is 0 Å². The molecule has 0 saturated carbocycles. The Labute approximate surface area is 134 Å². The largest absolute Gasteiger partial charge is 0.314 e. The van der Waals surface area contributed by atoms with Gasteiger partial charge in [0.1, 0.15) is 0 Å². The van der Waals surface area contributed by atoms with Crippen molar-refractivity contribution in [3.63, 3.8) is 0 Å². The minimum absolute atomic E-state index is 0.0569. The molecular formula is C16H20N4O3. The highest BCUT2D eigenvalue weighted by Gasteiger charge is 2.45. The highest BCUT2D eigenvalue weighted by molar-refractivity contribution is 5.97. The summed E-state index contributed by atoms with van der Waals surface area (Å²) in [6.45, 7) is 4.70. The van der Waals surface area contributed by atoms with Gasteiger partial charge in [-0.05, 0) is 31.0 Å². The first-order valence-electron chi connectivity index (χ1n) is 8.14. The Morgan fingerprint density at radius 1 is 1.17 bits per heavy atom. The number of hydrogen-bond donors (Lipinski definition) is 1. The number of non-ortho nitro benzene ring substituents is 1. The zero-order valence-corrected chi connectivity index (χ0v) is 12.9. The molecule has 1 aromatic rings. The summed E-state index contributed by atoms with van der Waals surface area (Å²) in [7, 11) is 0. The number of nitro groups is 1. The van der Waals surface area contributed by atoms with Crippen molar-refractivity contribution >= 4 is 17.3 Å². The number of carbonyl (C=O) groups is 1. The molecule has 3 fully saturated rings. The fourth-order valence-electron chi connectivity index (χ4n) is 3.90. The van der Waals surface area contributed by atoms with Crippen LogP contribution in [0.4, 0.5) is 11.4 Å². The van der Waals surface area contributed by atoms with Gasteiger partial charge in [-0.2, -0.15) is 0 Å². The molecule has 3 aliphatic rings. The number of rotatable bonds is 3. The van der Waals surface area contributed by atoms with E-state index in [1.807, 2.05) is 4.90 Å². The number of piperidine rings is 1. The minimum atomic E-state index is -0.417. The first kappa shape index (κ1) is 14.6. The van der Waals surface area contributed by atoms with Crippen LogP contribution in [0.1, 0.15) is 6.42 Å². The van der Waals surface area contributed by atoms with Crippen molar-refractivity contribution in [1.29, 1.82) is 0 Å². The summed E-state index contributed by atoms with van der Waals surface area (Å²) in [5, 5.41) is 14.0. The molecule has 0 aliphatic carbocycles. The molecular weight excluding hydrogens is 296 g/mol. The number of amides is 1. The highest BCUT2D eigenvalue weighted by atomic mass is 16.6. The Bertz CT molecular complexity index is 629. The molecule has 1 N–H and O–H groups in total. The maximum absolute atomic E-state index is 12.8. The van der Waals surface area contributed by atoms with Crippen molar-refractivity contribution in [3.8, 4) is 0 Å². The average molecular weight is 316 g/mol. The standard InChI is InChI=1S/C16H20N4O3/c21-16-15-10-18(14-7-17-8-14)6-5-11(15)9-19(16)12-1-3-13(4-2-12)20(22)23/h1-4,11,14-15,17H,5-10H2. The minimum Gasteiger partial charge on any atom is -0.314 e. The zero-order valence-electron chi connectivity index (χ0n) is 12.9. The number of likely N-dealkylation sites (tertiary alicyclic amines) is 1. The van der Waals surface area contributed by atoms with E-state index in [2.05, 4.69) is 10.2 Å². The van der Waals surface area contributed by atoms with Crippen LogP contribution in [0.5, 0.6) is 0 Å². The van der Waals surface area contributed by atoms with Gasteiger partial charge in [0.15, 0.2) is 0 Å². The van der Waals surface area contributed by atoms with Crippen molar-refractivity contribution in [2.45, 2.75) is 12.5 Å². The highest BCUT2D eigenvalue weighted by Crippen LogP contribution is 2.36. The molecule has 7 nitrogen and oxygen atoms in total. The molecule has 4 rings (SSSR count). The summed E-state index contributed by atoms with van der Waals surface area (Å²) < 4.78 is 0. The van der Waals surface area contributed by atoms with Gasteiger partial charge in [-0.3, -0.25) is 19.8 Å².